The van der Waals surface area contributed by atoms with Gasteiger partial charge in [-0.05, 0) is 26.0 Å². The minimum absolute atomic E-state index is 0.322. The van der Waals surface area contributed by atoms with Crippen LogP contribution < -0.4 is 5.32 Å². The average molecular weight is 246 g/mol. The standard InChI is InChI=1S/C13H14N2OS/c1-3-16-9-11(8-14)13(17)15-12-6-4-10(2)5-7-12/h4-7,9H,3H2,1-2H3,(H,15,17)/b11-9+. The van der Waals surface area contributed by atoms with E-state index in [1.54, 1.807) is 0 Å². The van der Waals surface area contributed by atoms with Crippen LogP contribution in [0.25, 0.3) is 0 Å². The summed E-state index contributed by atoms with van der Waals surface area (Å²) in [4.78, 5) is 0.366. The molecule has 0 aliphatic rings. The molecule has 0 saturated carbocycles. The first kappa shape index (κ1) is 13.2. The first-order valence-electron chi connectivity index (χ1n) is 5.27. The van der Waals surface area contributed by atoms with Gasteiger partial charge in [-0.1, -0.05) is 29.9 Å². The molecule has 0 aliphatic heterocycles. The molecule has 0 aliphatic carbocycles. The van der Waals surface area contributed by atoms with E-state index in [-0.39, 0.29) is 0 Å². The summed E-state index contributed by atoms with van der Waals surface area (Å²) in [5.41, 5.74) is 2.35. The third kappa shape index (κ3) is 4.25. The first-order chi connectivity index (χ1) is 8.17. The molecule has 0 saturated heterocycles. The van der Waals surface area contributed by atoms with Gasteiger partial charge in [0, 0.05) is 5.69 Å². The van der Waals surface area contributed by atoms with E-state index in [0.717, 1.165) is 5.69 Å². The highest BCUT2D eigenvalue weighted by Crippen LogP contribution is 2.10. The second-order valence-corrected chi connectivity index (χ2v) is 3.83. The van der Waals surface area contributed by atoms with Gasteiger partial charge >= 0.3 is 0 Å². The smallest absolute Gasteiger partial charge is 0.124 e. The maximum absolute atomic E-state index is 8.92. The molecule has 1 aromatic carbocycles. The van der Waals surface area contributed by atoms with Crippen LogP contribution in [0.2, 0.25) is 0 Å². The van der Waals surface area contributed by atoms with Crippen molar-refractivity contribution < 1.29 is 4.74 Å². The van der Waals surface area contributed by atoms with Crippen LogP contribution in [-0.2, 0) is 4.74 Å². The highest BCUT2D eigenvalue weighted by molar-refractivity contribution is 7.81. The number of hydrogen-bond donors (Lipinski definition) is 1. The molecule has 0 bridgehead atoms. The monoisotopic (exact) mass is 246 g/mol. The molecule has 0 unspecified atom stereocenters. The Bertz CT molecular complexity index is 457. The molecular formula is C13H14N2OS. The van der Waals surface area contributed by atoms with Crippen LogP contribution in [0.5, 0.6) is 0 Å². The van der Waals surface area contributed by atoms with Gasteiger partial charge in [0.15, 0.2) is 0 Å². The Morgan fingerprint density at radius 1 is 1.47 bits per heavy atom. The van der Waals surface area contributed by atoms with Crippen LogP contribution >= 0.6 is 12.2 Å². The summed E-state index contributed by atoms with van der Waals surface area (Å²) in [6, 6.07) is 9.78. The SMILES string of the molecule is CCO/C=C(\C#N)C(=S)Nc1ccc(C)cc1. The molecule has 1 N–H and O–H groups in total. The zero-order valence-corrected chi connectivity index (χ0v) is 10.7. The van der Waals surface area contributed by atoms with E-state index < -0.39 is 0 Å². The predicted octanol–water partition coefficient (Wildman–Crippen LogP) is 3.18. The van der Waals surface area contributed by atoms with Gasteiger partial charge in [-0.2, -0.15) is 5.26 Å². The van der Waals surface area contributed by atoms with Crippen LogP contribution in [-0.4, -0.2) is 11.6 Å². The Labute approximate surface area is 107 Å². The van der Waals surface area contributed by atoms with Gasteiger partial charge < -0.3 is 10.1 Å². The minimum atomic E-state index is 0.322. The third-order valence-electron chi connectivity index (χ3n) is 2.04. The van der Waals surface area contributed by atoms with Gasteiger partial charge in [-0.25, -0.2) is 0 Å². The maximum Gasteiger partial charge on any atom is 0.124 e. The number of nitrogens with one attached hydrogen (secondary N) is 1. The lowest BCUT2D eigenvalue weighted by Gasteiger charge is -2.07. The summed E-state index contributed by atoms with van der Waals surface area (Å²) in [6.45, 7) is 4.37. The Kier molecular flexibility index (Phi) is 5.18. The minimum Gasteiger partial charge on any atom is -0.500 e. The van der Waals surface area contributed by atoms with Crippen LogP contribution in [0.4, 0.5) is 5.69 Å². The zero-order chi connectivity index (χ0) is 12.7. The van der Waals surface area contributed by atoms with E-state index in [2.05, 4.69) is 5.32 Å². The van der Waals surface area contributed by atoms with Gasteiger partial charge in [0.2, 0.25) is 0 Å². The van der Waals surface area contributed by atoms with Crippen molar-refractivity contribution in [3.63, 3.8) is 0 Å². The lowest BCUT2D eigenvalue weighted by atomic mass is 10.2. The quantitative estimate of drug-likeness (QED) is 0.383. The second-order valence-electron chi connectivity index (χ2n) is 3.42. The number of hydrogen-bond acceptors (Lipinski definition) is 3. The molecule has 88 valence electrons. The fraction of sp³-hybridized carbons (Fsp3) is 0.231. The van der Waals surface area contributed by atoms with Crippen molar-refractivity contribution >= 4 is 22.9 Å². The predicted molar refractivity (Wildman–Crippen MR) is 72.7 cm³/mol. The van der Waals surface area contributed by atoms with Crippen LogP contribution in [0.15, 0.2) is 36.1 Å². The summed E-state index contributed by atoms with van der Waals surface area (Å²) >= 11 is 5.12. The molecule has 4 heteroatoms. The molecule has 17 heavy (non-hydrogen) atoms. The zero-order valence-electron chi connectivity index (χ0n) is 9.86. The van der Waals surface area contributed by atoms with E-state index in [1.807, 2.05) is 44.2 Å². The molecule has 0 atom stereocenters. The molecular weight excluding hydrogens is 232 g/mol. The third-order valence-corrected chi connectivity index (χ3v) is 2.36. The van der Waals surface area contributed by atoms with Crippen molar-refractivity contribution in [3.05, 3.63) is 41.7 Å². The van der Waals surface area contributed by atoms with E-state index >= 15 is 0 Å². The van der Waals surface area contributed by atoms with Crippen LogP contribution in [0.1, 0.15) is 12.5 Å². The number of benzene rings is 1. The number of nitrogens with zero attached hydrogens (tertiary/aromatic N) is 1. The van der Waals surface area contributed by atoms with Gasteiger partial charge in [-0.3, -0.25) is 0 Å². The molecule has 0 radical (unpaired) electrons. The van der Waals surface area contributed by atoms with Gasteiger partial charge in [-0.15, -0.1) is 0 Å². The number of aryl methyl sites for hydroxylation is 1. The van der Waals surface area contributed by atoms with E-state index in [1.165, 1.54) is 11.8 Å². The number of ether oxygens (including phenoxy) is 1. The number of rotatable bonds is 4. The molecule has 0 amide bonds. The fourth-order valence-electron chi connectivity index (χ4n) is 1.13. The van der Waals surface area contributed by atoms with E-state index in [4.69, 9.17) is 22.2 Å². The summed E-state index contributed by atoms with van der Waals surface area (Å²) in [7, 11) is 0. The summed E-state index contributed by atoms with van der Waals surface area (Å²) in [5.74, 6) is 0. The molecule has 0 heterocycles. The number of thiocarbonyl (C=S) groups is 1. The summed E-state index contributed by atoms with van der Waals surface area (Å²) in [5, 5.41) is 11.9. The molecule has 1 aromatic rings. The maximum atomic E-state index is 8.92. The van der Waals surface area contributed by atoms with Crippen molar-refractivity contribution in [2.75, 3.05) is 11.9 Å². The van der Waals surface area contributed by atoms with Crippen molar-refractivity contribution in [2.45, 2.75) is 13.8 Å². The molecule has 0 spiro atoms. The van der Waals surface area contributed by atoms with Crippen molar-refractivity contribution in [3.8, 4) is 6.07 Å². The van der Waals surface area contributed by atoms with Crippen molar-refractivity contribution in [1.82, 2.24) is 0 Å². The van der Waals surface area contributed by atoms with Crippen LogP contribution in [0, 0.1) is 18.3 Å². The Balaban J connectivity index is 2.71. The summed E-state index contributed by atoms with van der Waals surface area (Å²) in [6.07, 6.45) is 1.38. The Hall–Kier alpha value is -1.86. The number of anilines is 1. The Morgan fingerprint density at radius 2 is 2.12 bits per heavy atom. The summed E-state index contributed by atoms with van der Waals surface area (Å²) < 4.78 is 5.05. The van der Waals surface area contributed by atoms with Gasteiger partial charge in [0.05, 0.1) is 6.61 Å². The van der Waals surface area contributed by atoms with Crippen LogP contribution in [0.3, 0.4) is 0 Å². The fourth-order valence-corrected chi connectivity index (χ4v) is 1.34. The molecule has 0 fully saturated rings. The van der Waals surface area contributed by atoms with Crippen molar-refractivity contribution in [1.29, 1.82) is 5.26 Å². The topological polar surface area (TPSA) is 45.0 Å². The second kappa shape index (κ2) is 6.66. The molecule has 0 aromatic heterocycles. The van der Waals surface area contributed by atoms with E-state index in [9.17, 15) is 0 Å². The highest BCUT2D eigenvalue weighted by atomic mass is 32.1. The average Bonchev–Trinajstić information content (AvgIpc) is 2.33. The van der Waals surface area contributed by atoms with E-state index in [0.29, 0.717) is 17.2 Å². The molecule has 1 rings (SSSR count). The van der Waals surface area contributed by atoms with Crippen molar-refractivity contribution in [2.24, 2.45) is 0 Å². The Morgan fingerprint density at radius 3 is 2.65 bits per heavy atom. The molecule has 3 nitrogen and oxygen atoms in total. The normalized spacial score (nSPS) is 10.5. The van der Waals surface area contributed by atoms with Gasteiger partial charge in [0.25, 0.3) is 0 Å². The highest BCUT2D eigenvalue weighted by Gasteiger charge is 2.04. The first-order valence-corrected chi connectivity index (χ1v) is 5.68. The lowest BCUT2D eigenvalue weighted by Crippen LogP contribution is -2.11. The largest absolute Gasteiger partial charge is 0.500 e. The number of nitriles is 1. The lowest BCUT2D eigenvalue weighted by molar-refractivity contribution is 0.268. The van der Waals surface area contributed by atoms with Gasteiger partial charge in [0.1, 0.15) is 22.9 Å².